The van der Waals surface area contributed by atoms with Gasteiger partial charge in [-0.2, -0.15) is 0 Å². The number of aliphatic carboxylic acids is 1. The predicted molar refractivity (Wildman–Crippen MR) is 79.1 cm³/mol. The van der Waals surface area contributed by atoms with Crippen LogP contribution in [0.4, 0.5) is 0 Å². The molecule has 4 nitrogen and oxygen atoms in total. The third-order valence-electron chi connectivity index (χ3n) is 3.44. The van der Waals surface area contributed by atoms with Gasteiger partial charge in [0.25, 0.3) is 0 Å². The Bertz CT molecular complexity index is 453. The van der Waals surface area contributed by atoms with Crippen LogP contribution in [0.15, 0.2) is 24.3 Å². The zero-order valence-electron chi connectivity index (χ0n) is 12.3. The number of nitrogens with one attached hydrogen (secondary N) is 1. The molecule has 0 saturated heterocycles. The fourth-order valence-electron chi connectivity index (χ4n) is 1.97. The lowest BCUT2D eigenvalue weighted by atomic mass is 9.99. The van der Waals surface area contributed by atoms with Crippen molar-refractivity contribution < 1.29 is 14.7 Å². The first-order valence-corrected chi connectivity index (χ1v) is 7.08. The number of carboxylic acids is 1. The highest BCUT2D eigenvalue weighted by atomic mass is 16.4. The molecule has 20 heavy (non-hydrogen) atoms. The zero-order chi connectivity index (χ0) is 15.1. The van der Waals surface area contributed by atoms with Crippen LogP contribution in [0.3, 0.4) is 0 Å². The summed E-state index contributed by atoms with van der Waals surface area (Å²) in [5.74, 6) is -1.13. The third kappa shape index (κ3) is 4.78. The molecule has 0 fully saturated rings. The van der Waals surface area contributed by atoms with Crippen LogP contribution in [0.2, 0.25) is 0 Å². The smallest absolute Gasteiger partial charge is 0.305 e. The van der Waals surface area contributed by atoms with Crippen LogP contribution in [-0.4, -0.2) is 28.9 Å². The van der Waals surface area contributed by atoms with Crippen LogP contribution in [0, 0.1) is 0 Å². The number of carbonyl (C=O) groups excluding carboxylic acids is 1. The SMILES string of the molecule is CCc1ccc(C(=O)C(CC(=O)O)NC(C)CC)cc1. The van der Waals surface area contributed by atoms with E-state index in [0.717, 1.165) is 18.4 Å². The summed E-state index contributed by atoms with van der Waals surface area (Å²) in [6.07, 6.45) is 1.56. The highest BCUT2D eigenvalue weighted by Gasteiger charge is 2.23. The van der Waals surface area contributed by atoms with Crippen molar-refractivity contribution in [3.8, 4) is 0 Å². The second-order valence-electron chi connectivity index (χ2n) is 5.04. The number of carbonyl (C=O) groups is 2. The standard InChI is InChI=1S/C16H23NO3/c1-4-11(3)17-14(10-15(18)19)16(20)13-8-6-12(5-2)7-9-13/h6-9,11,14,17H,4-5,10H2,1-3H3,(H,18,19). The maximum atomic E-state index is 12.4. The minimum Gasteiger partial charge on any atom is -0.481 e. The Labute approximate surface area is 120 Å². The predicted octanol–water partition coefficient (Wildman–Crippen LogP) is 2.66. The van der Waals surface area contributed by atoms with Gasteiger partial charge in [0.1, 0.15) is 0 Å². The molecule has 1 aromatic rings. The van der Waals surface area contributed by atoms with Crippen LogP contribution >= 0.6 is 0 Å². The molecule has 0 saturated carbocycles. The van der Waals surface area contributed by atoms with E-state index in [-0.39, 0.29) is 18.2 Å². The van der Waals surface area contributed by atoms with Crippen molar-refractivity contribution >= 4 is 11.8 Å². The number of benzene rings is 1. The van der Waals surface area contributed by atoms with Gasteiger partial charge in [-0.05, 0) is 25.3 Å². The molecule has 0 bridgehead atoms. The maximum absolute atomic E-state index is 12.4. The lowest BCUT2D eigenvalue weighted by Gasteiger charge is -2.20. The van der Waals surface area contributed by atoms with Gasteiger partial charge in [0.15, 0.2) is 5.78 Å². The molecule has 0 spiro atoms. The molecule has 2 unspecified atom stereocenters. The van der Waals surface area contributed by atoms with Gasteiger partial charge in [0, 0.05) is 11.6 Å². The average molecular weight is 277 g/mol. The van der Waals surface area contributed by atoms with Crippen molar-refractivity contribution in [1.29, 1.82) is 0 Å². The lowest BCUT2D eigenvalue weighted by Crippen LogP contribution is -2.43. The van der Waals surface area contributed by atoms with E-state index in [9.17, 15) is 9.59 Å². The number of hydrogen-bond donors (Lipinski definition) is 2. The summed E-state index contributed by atoms with van der Waals surface area (Å²) in [6, 6.07) is 6.80. The maximum Gasteiger partial charge on any atom is 0.305 e. The summed E-state index contributed by atoms with van der Waals surface area (Å²) in [7, 11) is 0. The minimum absolute atomic E-state index is 0.109. The summed E-state index contributed by atoms with van der Waals surface area (Å²) in [6.45, 7) is 5.99. The molecule has 0 radical (unpaired) electrons. The van der Waals surface area contributed by atoms with Gasteiger partial charge in [-0.15, -0.1) is 0 Å². The molecule has 2 atom stereocenters. The fraction of sp³-hybridized carbons (Fsp3) is 0.500. The Kier molecular flexibility index (Phi) is 6.39. The van der Waals surface area contributed by atoms with E-state index in [1.807, 2.05) is 26.0 Å². The number of rotatable bonds is 8. The van der Waals surface area contributed by atoms with Crippen molar-refractivity contribution in [2.75, 3.05) is 0 Å². The first-order valence-electron chi connectivity index (χ1n) is 7.08. The normalized spacial score (nSPS) is 13.8. The van der Waals surface area contributed by atoms with E-state index in [1.165, 1.54) is 0 Å². The lowest BCUT2D eigenvalue weighted by molar-refractivity contribution is -0.137. The molecule has 1 rings (SSSR count). The molecule has 0 heterocycles. The molecular weight excluding hydrogens is 254 g/mol. The van der Waals surface area contributed by atoms with Gasteiger partial charge in [-0.1, -0.05) is 38.1 Å². The van der Waals surface area contributed by atoms with Crippen molar-refractivity contribution in [1.82, 2.24) is 5.32 Å². The minimum atomic E-state index is -0.968. The molecular formula is C16H23NO3. The van der Waals surface area contributed by atoms with Crippen molar-refractivity contribution in [2.45, 2.75) is 52.1 Å². The van der Waals surface area contributed by atoms with Crippen LogP contribution in [0.1, 0.15) is 49.5 Å². The van der Waals surface area contributed by atoms with E-state index < -0.39 is 12.0 Å². The number of aryl methyl sites for hydroxylation is 1. The number of ketones is 1. The number of carboxylic acid groups (broad SMARTS) is 1. The largest absolute Gasteiger partial charge is 0.481 e. The summed E-state index contributed by atoms with van der Waals surface area (Å²) >= 11 is 0. The molecule has 0 aromatic heterocycles. The molecule has 0 aliphatic heterocycles. The van der Waals surface area contributed by atoms with Crippen LogP contribution in [0.25, 0.3) is 0 Å². The summed E-state index contributed by atoms with van der Waals surface area (Å²) < 4.78 is 0. The van der Waals surface area contributed by atoms with Crippen molar-refractivity contribution in [3.05, 3.63) is 35.4 Å². The average Bonchev–Trinajstić information content (AvgIpc) is 2.45. The zero-order valence-corrected chi connectivity index (χ0v) is 12.3. The van der Waals surface area contributed by atoms with Crippen molar-refractivity contribution in [2.24, 2.45) is 0 Å². The Hall–Kier alpha value is -1.68. The topological polar surface area (TPSA) is 66.4 Å². The van der Waals surface area contributed by atoms with E-state index in [1.54, 1.807) is 12.1 Å². The summed E-state index contributed by atoms with van der Waals surface area (Å²) in [5, 5.41) is 12.0. The monoisotopic (exact) mass is 277 g/mol. The van der Waals surface area contributed by atoms with Gasteiger partial charge in [-0.3, -0.25) is 9.59 Å². The molecule has 0 aliphatic rings. The number of Topliss-reactive ketones (excluding diaryl/α,β-unsaturated/α-hetero) is 1. The molecule has 110 valence electrons. The van der Waals surface area contributed by atoms with E-state index in [2.05, 4.69) is 12.2 Å². The van der Waals surface area contributed by atoms with Gasteiger partial charge >= 0.3 is 5.97 Å². The molecule has 0 amide bonds. The highest BCUT2D eigenvalue weighted by Crippen LogP contribution is 2.10. The van der Waals surface area contributed by atoms with Crippen molar-refractivity contribution in [3.63, 3.8) is 0 Å². The summed E-state index contributed by atoms with van der Waals surface area (Å²) in [5.41, 5.74) is 1.72. The van der Waals surface area contributed by atoms with Crippen LogP contribution in [0.5, 0.6) is 0 Å². The van der Waals surface area contributed by atoms with Crippen LogP contribution < -0.4 is 5.32 Å². The highest BCUT2D eigenvalue weighted by molar-refractivity contribution is 6.01. The van der Waals surface area contributed by atoms with Gasteiger partial charge in [0.05, 0.1) is 12.5 Å². The van der Waals surface area contributed by atoms with Gasteiger partial charge in [0.2, 0.25) is 0 Å². The Morgan fingerprint density at radius 3 is 2.25 bits per heavy atom. The van der Waals surface area contributed by atoms with E-state index in [0.29, 0.717) is 5.56 Å². The fourth-order valence-corrected chi connectivity index (χ4v) is 1.97. The molecule has 2 N–H and O–H groups in total. The van der Waals surface area contributed by atoms with Crippen LogP contribution in [-0.2, 0) is 11.2 Å². The molecule has 1 aromatic carbocycles. The van der Waals surface area contributed by atoms with Gasteiger partial charge < -0.3 is 10.4 Å². The Balaban J connectivity index is 2.87. The van der Waals surface area contributed by atoms with E-state index in [4.69, 9.17) is 5.11 Å². The Morgan fingerprint density at radius 2 is 1.80 bits per heavy atom. The first-order chi connectivity index (χ1) is 9.47. The third-order valence-corrected chi connectivity index (χ3v) is 3.44. The second kappa shape index (κ2) is 7.80. The Morgan fingerprint density at radius 1 is 1.20 bits per heavy atom. The number of hydrogen-bond acceptors (Lipinski definition) is 3. The quantitative estimate of drug-likeness (QED) is 0.717. The first kappa shape index (κ1) is 16.4. The van der Waals surface area contributed by atoms with Gasteiger partial charge in [-0.25, -0.2) is 0 Å². The summed E-state index contributed by atoms with van der Waals surface area (Å²) in [4.78, 5) is 23.3. The van der Waals surface area contributed by atoms with E-state index >= 15 is 0 Å². The second-order valence-corrected chi connectivity index (χ2v) is 5.04. The molecule has 4 heteroatoms. The molecule has 0 aliphatic carbocycles.